The lowest BCUT2D eigenvalue weighted by Crippen LogP contribution is -2.50. The zero-order valence-corrected chi connectivity index (χ0v) is 44.9. The number of carbonyl (C=O) groups is 3. The fourth-order valence-electron chi connectivity index (χ4n) is 9.77. The molecule has 2 fully saturated rings. The predicted molar refractivity (Wildman–Crippen MR) is 286 cm³/mol. The molecule has 2 aromatic heterocycles. The minimum absolute atomic E-state index is 0.0596. The molecule has 3 atom stereocenters. The fraction of sp³-hybridized carbons (Fsp3) is 0.491. The van der Waals surface area contributed by atoms with E-state index in [9.17, 15) is 24.1 Å². The third-order valence-electron chi connectivity index (χ3n) is 13.9. The Hall–Kier alpha value is -4.98. The molecule has 3 aromatic carbocycles. The maximum Gasteiger partial charge on any atom is 0.243 e. The number of β-amino-alcohol motifs (C(OH)–C–C–N with tert-alkyl or cyclic N) is 1. The summed E-state index contributed by atoms with van der Waals surface area (Å²) < 4.78 is 18.9. The van der Waals surface area contributed by atoms with Gasteiger partial charge >= 0.3 is 0 Å². The molecule has 0 unspecified atom stereocenters. The number of benzene rings is 3. The smallest absolute Gasteiger partial charge is 0.243 e. The summed E-state index contributed by atoms with van der Waals surface area (Å²) in [5, 5.41) is 15.0. The number of thiazole rings is 1. The number of aromatic nitrogens is 3. The van der Waals surface area contributed by atoms with Gasteiger partial charge in [0, 0.05) is 106 Å². The van der Waals surface area contributed by atoms with Crippen molar-refractivity contribution in [2.24, 2.45) is 11.3 Å². The molecule has 4 heterocycles. The van der Waals surface area contributed by atoms with Crippen LogP contribution >= 0.6 is 30.1 Å². The number of aryl methyl sites for hydroxylation is 1. The fourth-order valence-corrected chi connectivity index (χ4v) is 12.0. The molecule has 380 valence electrons. The van der Waals surface area contributed by atoms with Crippen molar-refractivity contribution in [2.45, 2.75) is 104 Å². The highest BCUT2D eigenvalue weighted by Gasteiger charge is 2.44. The van der Waals surface area contributed by atoms with Crippen LogP contribution in [0.3, 0.4) is 0 Å². The van der Waals surface area contributed by atoms with E-state index in [0.717, 1.165) is 108 Å². The number of unbranched alkanes of at least 4 members (excludes halogenated alkanes) is 3. The number of aliphatic hydroxyl groups excluding tert-OH is 1. The number of ketones is 1. The topological polar surface area (TPSA) is 158 Å². The summed E-state index contributed by atoms with van der Waals surface area (Å²) in [7, 11) is -0.796. The molecule has 0 bridgehead atoms. The van der Waals surface area contributed by atoms with Crippen LogP contribution in [0.4, 0.5) is 5.69 Å². The number of rotatable bonds is 21. The Balaban J connectivity index is 0.819. The average Bonchev–Trinajstić information content (AvgIpc) is 3.96. The number of methoxy groups -OCH3 is 1. The van der Waals surface area contributed by atoms with Crippen LogP contribution in [0.2, 0.25) is 5.02 Å². The summed E-state index contributed by atoms with van der Waals surface area (Å²) in [6.07, 6.45) is 6.28. The van der Waals surface area contributed by atoms with E-state index < -0.39 is 30.6 Å². The van der Waals surface area contributed by atoms with Gasteiger partial charge in [-0.25, -0.2) is 15.0 Å². The van der Waals surface area contributed by atoms with Crippen molar-refractivity contribution in [3.8, 4) is 16.2 Å². The van der Waals surface area contributed by atoms with Crippen LogP contribution in [0.25, 0.3) is 10.4 Å². The SMILES string of the molecule is COc1cc(N2CCN(CCCCCCC(=O)C[C@H](C(=O)N3C[C@H](O)C[C@H]3C(=O)NCc3ccc(-c4scnc4C)cc3)C(C)(C)C)CC2)ccc1Cc1ncc(Cl)c(Cc2ccccc2P(C)(C)=O)n1. The summed E-state index contributed by atoms with van der Waals surface area (Å²) in [4.78, 5) is 62.3. The summed E-state index contributed by atoms with van der Waals surface area (Å²) in [6.45, 7) is 16.5. The Morgan fingerprint density at radius 1 is 0.944 bits per heavy atom. The molecule has 16 heteroatoms. The predicted octanol–water partition coefficient (Wildman–Crippen LogP) is 8.97. The molecule has 71 heavy (non-hydrogen) atoms. The van der Waals surface area contributed by atoms with Gasteiger partial charge in [0.25, 0.3) is 0 Å². The van der Waals surface area contributed by atoms with Crippen molar-refractivity contribution in [3.63, 3.8) is 0 Å². The first kappa shape index (κ1) is 53.8. The van der Waals surface area contributed by atoms with Crippen LogP contribution in [0.15, 0.2) is 78.4 Å². The van der Waals surface area contributed by atoms with Crippen LogP contribution in [0, 0.1) is 18.3 Å². The Morgan fingerprint density at radius 2 is 1.68 bits per heavy atom. The molecule has 2 N–H and O–H groups in total. The number of Topliss-reactive ketones (excluding diaryl/α,β-unsaturated/α-hetero) is 1. The Bertz CT molecular complexity index is 2680. The number of nitrogens with zero attached hydrogens (tertiary/aromatic N) is 6. The Labute approximate surface area is 429 Å². The first-order valence-electron chi connectivity index (χ1n) is 24.9. The molecule has 13 nitrogen and oxygen atoms in total. The lowest BCUT2D eigenvalue weighted by atomic mass is 9.76. The zero-order valence-electron chi connectivity index (χ0n) is 42.5. The molecule has 2 aliphatic heterocycles. The highest BCUT2D eigenvalue weighted by molar-refractivity contribution is 7.70. The second kappa shape index (κ2) is 24.2. The maximum atomic E-state index is 14.2. The van der Waals surface area contributed by atoms with Crippen molar-refractivity contribution >= 4 is 58.7 Å². The van der Waals surface area contributed by atoms with Crippen molar-refractivity contribution in [3.05, 3.63) is 117 Å². The quantitative estimate of drug-likeness (QED) is 0.0534. The third-order valence-corrected chi connectivity index (χ3v) is 16.8. The Morgan fingerprint density at radius 3 is 2.37 bits per heavy atom. The van der Waals surface area contributed by atoms with E-state index in [2.05, 4.69) is 43.3 Å². The van der Waals surface area contributed by atoms with Gasteiger partial charge in [-0.05, 0) is 67.8 Å². The molecule has 0 aliphatic carbocycles. The number of nitrogens with one attached hydrogen (secondary N) is 1. The van der Waals surface area contributed by atoms with E-state index in [-0.39, 0.29) is 37.0 Å². The maximum absolute atomic E-state index is 14.2. The Kier molecular flexibility index (Phi) is 18.3. The first-order valence-corrected chi connectivity index (χ1v) is 28.8. The van der Waals surface area contributed by atoms with E-state index in [1.165, 1.54) is 4.90 Å². The van der Waals surface area contributed by atoms with Crippen molar-refractivity contribution in [1.82, 2.24) is 30.1 Å². The first-order chi connectivity index (χ1) is 33.9. The van der Waals surface area contributed by atoms with Crippen LogP contribution in [0.5, 0.6) is 5.75 Å². The van der Waals surface area contributed by atoms with Gasteiger partial charge in [-0.15, -0.1) is 11.3 Å². The lowest BCUT2D eigenvalue weighted by molar-refractivity contribution is -0.146. The normalized spacial score (nSPS) is 17.1. The van der Waals surface area contributed by atoms with Gasteiger partial charge in [0.2, 0.25) is 11.8 Å². The summed E-state index contributed by atoms with van der Waals surface area (Å²) in [5.41, 5.74) is 8.06. The second-order valence-electron chi connectivity index (χ2n) is 20.6. The highest BCUT2D eigenvalue weighted by Crippen LogP contribution is 2.37. The van der Waals surface area contributed by atoms with Crippen LogP contribution < -0.4 is 20.3 Å². The van der Waals surface area contributed by atoms with Crippen LogP contribution in [-0.4, -0.2) is 119 Å². The van der Waals surface area contributed by atoms with Crippen molar-refractivity contribution < 1.29 is 28.8 Å². The number of anilines is 1. The number of likely N-dealkylation sites (tertiary alicyclic amines) is 1. The van der Waals surface area contributed by atoms with E-state index in [1.54, 1.807) is 38.0 Å². The standard InChI is InChI=1S/C55H71ClN7O6PS/c1-37-52(71-36-59-37)39-19-17-38(18-20-39)33-58-53(66)48-32-44(65)35-63(48)54(67)45(55(2,3)4)31-43(64)15-10-8-9-13-23-61-24-26-62(27-25-61)42-22-21-40(49(30-42)69-5)29-51-57-34-46(56)47(60-51)28-41-14-11-12-16-50(41)70(6,7)68/h11-12,14,16-22,30,34,36,44-45,48,65H,8-10,13,15,23-29,31-33,35H2,1-7H3,(H,58,66)/t44-,45-,48+/m1/s1. The van der Waals surface area contributed by atoms with Gasteiger partial charge in [0.05, 0.1) is 40.0 Å². The summed E-state index contributed by atoms with van der Waals surface area (Å²) in [5.74, 6) is 0.330. The van der Waals surface area contributed by atoms with E-state index in [1.807, 2.05) is 81.7 Å². The summed E-state index contributed by atoms with van der Waals surface area (Å²) in [6, 6.07) is 21.3. The number of ether oxygens (including phenoxy) is 1. The largest absolute Gasteiger partial charge is 0.496 e. The number of aliphatic hydroxyl groups is 1. The summed E-state index contributed by atoms with van der Waals surface area (Å²) >= 11 is 8.17. The van der Waals surface area contributed by atoms with E-state index in [0.29, 0.717) is 42.3 Å². The lowest BCUT2D eigenvalue weighted by Gasteiger charge is -2.36. The molecular formula is C55H71ClN7O6PS. The number of carbonyl (C=O) groups excluding carboxylic acids is 3. The van der Waals surface area contributed by atoms with Gasteiger partial charge in [-0.2, -0.15) is 0 Å². The number of piperazine rings is 1. The second-order valence-corrected chi connectivity index (χ2v) is 25.1. The van der Waals surface area contributed by atoms with E-state index >= 15 is 0 Å². The third kappa shape index (κ3) is 14.4. The van der Waals surface area contributed by atoms with Crippen LogP contribution in [0.1, 0.15) is 99.6 Å². The van der Waals surface area contributed by atoms with Gasteiger partial charge < -0.3 is 29.5 Å². The molecule has 2 aliphatic rings. The molecule has 0 radical (unpaired) electrons. The molecular weight excluding hydrogens is 953 g/mol. The zero-order chi connectivity index (χ0) is 50.9. The average molecular weight is 1020 g/mol. The highest BCUT2D eigenvalue weighted by atomic mass is 35.5. The molecule has 5 aromatic rings. The molecule has 0 saturated carbocycles. The minimum Gasteiger partial charge on any atom is -0.496 e. The molecule has 0 spiro atoms. The molecule has 2 saturated heterocycles. The van der Waals surface area contributed by atoms with Gasteiger partial charge in [-0.1, -0.05) is 99.8 Å². The minimum atomic E-state index is -2.48. The van der Waals surface area contributed by atoms with E-state index in [4.69, 9.17) is 21.3 Å². The number of amides is 2. The van der Waals surface area contributed by atoms with Crippen molar-refractivity contribution in [2.75, 3.05) is 64.6 Å². The van der Waals surface area contributed by atoms with Crippen LogP contribution in [-0.2, 0) is 38.3 Å². The number of hydrogen-bond donors (Lipinski definition) is 2. The van der Waals surface area contributed by atoms with Gasteiger partial charge in [-0.3, -0.25) is 19.3 Å². The van der Waals surface area contributed by atoms with Crippen molar-refractivity contribution in [1.29, 1.82) is 0 Å². The molecule has 7 rings (SSSR count). The number of hydrogen-bond acceptors (Lipinski definition) is 12. The molecule has 2 amide bonds. The monoisotopic (exact) mass is 1020 g/mol. The van der Waals surface area contributed by atoms with Gasteiger partial charge in [0.1, 0.15) is 30.5 Å². The number of halogens is 1. The van der Waals surface area contributed by atoms with Gasteiger partial charge in [0.15, 0.2) is 0 Å².